The van der Waals surface area contributed by atoms with Crippen molar-refractivity contribution in [2.24, 2.45) is 0 Å². The Morgan fingerprint density at radius 1 is 0.829 bits per heavy atom. The SMILES string of the molecule is CC(C)(C)OC(=O)CC[C@H](NC(=O)OC(C)(C)C)C(=O)OCC1c2ccccc2-c2ccccc21. The molecule has 3 rings (SSSR count). The first-order valence-electron chi connectivity index (χ1n) is 11.9. The van der Waals surface area contributed by atoms with Gasteiger partial charge < -0.3 is 19.5 Å². The highest BCUT2D eigenvalue weighted by molar-refractivity contribution is 5.83. The highest BCUT2D eigenvalue weighted by atomic mass is 16.6. The summed E-state index contributed by atoms with van der Waals surface area (Å²) in [4.78, 5) is 37.7. The van der Waals surface area contributed by atoms with E-state index >= 15 is 0 Å². The van der Waals surface area contributed by atoms with Crippen molar-refractivity contribution in [3.8, 4) is 11.1 Å². The van der Waals surface area contributed by atoms with Crippen LogP contribution < -0.4 is 5.32 Å². The summed E-state index contributed by atoms with van der Waals surface area (Å²) < 4.78 is 16.3. The van der Waals surface area contributed by atoms with Gasteiger partial charge in [0.1, 0.15) is 23.9 Å². The Kier molecular flexibility index (Phi) is 7.88. The van der Waals surface area contributed by atoms with Crippen LogP contribution in [-0.4, -0.2) is 41.9 Å². The molecule has 1 atom stereocenters. The molecule has 0 aliphatic heterocycles. The van der Waals surface area contributed by atoms with E-state index in [-0.39, 0.29) is 25.4 Å². The third-order valence-electron chi connectivity index (χ3n) is 5.39. The van der Waals surface area contributed by atoms with Crippen molar-refractivity contribution >= 4 is 18.0 Å². The largest absolute Gasteiger partial charge is 0.463 e. The Labute approximate surface area is 207 Å². The van der Waals surface area contributed by atoms with Crippen molar-refractivity contribution in [1.29, 1.82) is 0 Å². The molecule has 0 saturated carbocycles. The number of esters is 2. The summed E-state index contributed by atoms with van der Waals surface area (Å²) >= 11 is 0. The van der Waals surface area contributed by atoms with Gasteiger partial charge in [0.2, 0.25) is 0 Å². The fraction of sp³-hybridized carbons (Fsp3) is 0.464. The van der Waals surface area contributed by atoms with Crippen molar-refractivity contribution in [3.63, 3.8) is 0 Å². The van der Waals surface area contributed by atoms with Gasteiger partial charge in [0.05, 0.1) is 0 Å². The number of alkyl carbamates (subject to hydrolysis) is 1. The maximum Gasteiger partial charge on any atom is 0.408 e. The minimum Gasteiger partial charge on any atom is -0.463 e. The lowest BCUT2D eigenvalue weighted by atomic mass is 9.98. The Bertz CT molecular complexity index is 1030. The van der Waals surface area contributed by atoms with Crippen molar-refractivity contribution in [2.45, 2.75) is 77.5 Å². The van der Waals surface area contributed by atoms with Gasteiger partial charge in [-0.1, -0.05) is 48.5 Å². The van der Waals surface area contributed by atoms with E-state index < -0.39 is 35.3 Å². The molecule has 0 saturated heterocycles. The molecular weight excluding hydrogens is 446 g/mol. The molecule has 1 aliphatic rings. The van der Waals surface area contributed by atoms with Crippen LogP contribution >= 0.6 is 0 Å². The number of nitrogens with one attached hydrogen (secondary N) is 1. The van der Waals surface area contributed by atoms with Crippen molar-refractivity contribution in [3.05, 3.63) is 59.7 Å². The average molecular weight is 482 g/mol. The molecule has 35 heavy (non-hydrogen) atoms. The third kappa shape index (κ3) is 7.31. The maximum atomic E-state index is 13.1. The minimum atomic E-state index is -1.05. The Morgan fingerprint density at radius 2 is 1.34 bits per heavy atom. The number of hydrogen-bond acceptors (Lipinski definition) is 6. The number of amides is 1. The van der Waals surface area contributed by atoms with Crippen LogP contribution in [0.25, 0.3) is 11.1 Å². The second-order valence-corrected chi connectivity index (χ2v) is 10.7. The fourth-order valence-corrected chi connectivity index (χ4v) is 4.06. The molecule has 2 aromatic rings. The molecule has 0 unspecified atom stereocenters. The van der Waals surface area contributed by atoms with E-state index in [2.05, 4.69) is 17.4 Å². The number of fused-ring (bicyclic) bond motifs is 3. The summed E-state index contributed by atoms with van der Waals surface area (Å²) in [6.07, 6.45) is -0.771. The first-order valence-corrected chi connectivity index (χ1v) is 11.9. The number of carbonyl (C=O) groups excluding carboxylic acids is 3. The van der Waals surface area contributed by atoms with Crippen LogP contribution in [0.4, 0.5) is 4.79 Å². The first kappa shape index (κ1) is 26.3. The van der Waals surface area contributed by atoms with Gasteiger partial charge in [-0.3, -0.25) is 4.79 Å². The van der Waals surface area contributed by atoms with E-state index in [1.165, 1.54) is 0 Å². The molecule has 1 aliphatic carbocycles. The summed E-state index contributed by atoms with van der Waals surface area (Å²) in [5, 5.41) is 2.56. The zero-order chi connectivity index (χ0) is 25.8. The molecule has 7 heteroatoms. The lowest BCUT2D eigenvalue weighted by molar-refractivity contribution is -0.155. The van der Waals surface area contributed by atoms with Crippen LogP contribution in [0.1, 0.15) is 71.4 Å². The second kappa shape index (κ2) is 10.5. The summed E-state index contributed by atoms with van der Waals surface area (Å²) in [5.74, 6) is -1.19. The molecule has 1 N–H and O–H groups in total. The Balaban J connectivity index is 1.71. The van der Waals surface area contributed by atoms with E-state index in [9.17, 15) is 14.4 Å². The van der Waals surface area contributed by atoms with Crippen LogP contribution in [0.15, 0.2) is 48.5 Å². The van der Waals surface area contributed by atoms with Gasteiger partial charge in [-0.05, 0) is 70.2 Å². The van der Waals surface area contributed by atoms with Gasteiger partial charge in [-0.15, -0.1) is 0 Å². The molecule has 0 heterocycles. The second-order valence-electron chi connectivity index (χ2n) is 10.7. The summed E-state index contributed by atoms with van der Waals surface area (Å²) in [7, 11) is 0. The normalized spacial score (nSPS) is 13.9. The molecule has 1 amide bonds. The molecule has 0 fully saturated rings. The van der Waals surface area contributed by atoms with Crippen molar-refractivity contribution in [1.82, 2.24) is 5.32 Å². The lowest BCUT2D eigenvalue weighted by Gasteiger charge is -2.24. The number of rotatable bonds is 7. The zero-order valence-corrected chi connectivity index (χ0v) is 21.3. The van der Waals surface area contributed by atoms with Gasteiger partial charge >= 0.3 is 18.0 Å². The van der Waals surface area contributed by atoms with Crippen LogP contribution in [0.2, 0.25) is 0 Å². The topological polar surface area (TPSA) is 90.9 Å². The van der Waals surface area contributed by atoms with E-state index in [1.807, 2.05) is 36.4 Å². The summed E-state index contributed by atoms with van der Waals surface area (Å²) in [6, 6.07) is 15.0. The highest BCUT2D eigenvalue weighted by Gasteiger charge is 2.32. The Morgan fingerprint density at radius 3 is 1.86 bits per heavy atom. The number of benzene rings is 2. The van der Waals surface area contributed by atoms with Gasteiger partial charge in [-0.25, -0.2) is 9.59 Å². The molecule has 0 radical (unpaired) electrons. The van der Waals surface area contributed by atoms with Gasteiger partial charge in [0, 0.05) is 12.3 Å². The van der Waals surface area contributed by atoms with Crippen LogP contribution in [0.3, 0.4) is 0 Å². The van der Waals surface area contributed by atoms with E-state index in [0.29, 0.717) is 0 Å². The predicted molar refractivity (Wildman–Crippen MR) is 133 cm³/mol. The van der Waals surface area contributed by atoms with Crippen molar-refractivity contribution in [2.75, 3.05) is 6.61 Å². The molecule has 7 nitrogen and oxygen atoms in total. The number of hydrogen-bond donors (Lipinski definition) is 1. The smallest absolute Gasteiger partial charge is 0.408 e. The molecule has 188 valence electrons. The summed E-state index contributed by atoms with van der Waals surface area (Å²) in [6.45, 7) is 10.6. The van der Waals surface area contributed by atoms with Gasteiger partial charge in [0.25, 0.3) is 0 Å². The van der Waals surface area contributed by atoms with Crippen LogP contribution in [0, 0.1) is 0 Å². The van der Waals surface area contributed by atoms with Crippen LogP contribution in [-0.2, 0) is 23.8 Å². The number of carbonyl (C=O) groups is 3. The predicted octanol–water partition coefficient (Wildman–Crippen LogP) is 5.36. The standard InChI is InChI=1S/C28H35NO6/c1-27(2,3)34-24(30)16-15-23(29-26(32)35-28(4,5)6)25(31)33-17-22-20-13-9-7-11-18(20)19-12-8-10-14-21(19)22/h7-14,22-23H,15-17H2,1-6H3,(H,29,32)/t23-/m0/s1. The quantitative estimate of drug-likeness (QED) is 0.423. The maximum absolute atomic E-state index is 13.1. The van der Waals surface area contributed by atoms with Gasteiger partial charge in [-0.2, -0.15) is 0 Å². The highest BCUT2D eigenvalue weighted by Crippen LogP contribution is 2.44. The third-order valence-corrected chi connectivity index (χ3v) is 5.39. The minimum absolute atomic E-state index is 0.0326. The summed E-state index contributed by atoms with van der Waals surface area (Å²) in [5.41, 5.74) is 3.05. The fourth-order valence-electron chi connectivity index (χ4n) is 4.06. The van der Waals surface area contributed by atoms with E-state index in [4.69, 9.17) is 14.2 Å². The van der Waals surface area contributed by atoms with E-state index in [1.54, 1.807) is 41.5 Å². The lowest BCUT2D eigenvalue weighted by Crippen LogP contribution is -2.45. The monoisotopic (exact) mass is 481 g/mol. The van der Waals surface area contributed by atoms with Crippen molar-refractivity contribution < 1.29 is 28.6 Å². The Hall–Kier alpha value is -3.35. The first-order chi connectivity index (χ1) is 16.3. The molecule has 0 spiro atoms. The molecule has 0 aromatic heterocycles. The zero-order valence-electron chi connectivity index (χ0n) is 21.3. The van der Waals surface area contributed by atoms with Gasteiger partial charge in [0.15, 0.2) is 0 Å². The van der Waals surface area contributed by atoms with E-state index in [0.717, 1.165) is 22.3 Å². The molecule has 0 bridgehead atoms. The van der Waals surface area contributed by atoms with Crippen LogP contribution in [0.5, 0.6) is 0 Å². The molecule has 2 aromatic carbocycles. The molecular formula is C28H35NO6. The number of ether oxygens (including phenoxy) is 3. The average Bonchev–Trinajstić information content (AvgIpc) is 3.06.